The van der Waals surface area contributed by atoms with Gasteiger partial charge in [0.1, 0.15) is 12.3 Å². The molecule has 0 saturated carbocycles. The summed E-state index contributed by atoms with van der Waals surface area (Å²) in [7, 11) is 0. The molecule has 0 aliphatic rings. The van der Waals surface area contributed by atoms with Crippen molar-refractivity contribution < 1.29 is 22.5 Å². The van der Waals surface area contributed by atoms with E-state index < -0.39 is 18.6 Å². The van der Waals surface area contributed by atoms with E-state index in [4.69, 9.17) is 4.52 Å². The van der Waals surface area contributed by atoms with E-state index in [1.54, 1.807) is 23.8 Å². The van der Waals surface area contributed by atoms with Gasteiger partial charge in [0.25, 0.3) is 5.91 Å². The number of aryl methyl sites for hydroxylation is 1. The maximum Gasteiger partial charge on any atom is 0.406 e. The fourth-order valence-corrected chi connectivity index (χ4v) is 2.31. The molecule has 20 heavy (non-hydrogen) atoms. The van der Waals surface area contributed by atoms with Gasteiger partial charge in [-0.15, -0.1) is 0 Å². The fourth-order valence-electron chi connectivity index (χ4n) is 1.65. The molecule has 0 aromatic carbocycles. The standard InChI is InChI=1S/C12H11F3N2O2S/c1-8-4-10(16-19-8)11(18)17(7-12(13,14)15)5-9-2-3-20-6-9/h2-4,6H,5,7H2,1H3. The number of thiophene rings is 1. The van der Waals surface area contributed by atoms with Crippen LogP contribution in [-0.2, 0) is 6.54 Å². The van der Waals surface area contributed by atoms with Crippen molar-refractivity contribution in [2.24, 2.45) is 0 Å². The number of carbonyl (C=O) groups is 1. The summed E-state index contributed by atoms with van der Waals surface area (Å²) < 4.78 is 42.5. The van der Waals surface area contributed by atoms with E-state index in [0.29, 0.717) is 16.2 Å². The molecule has 108 valence electrons. The second kappa shape index (κ2) is 5.66. The van der Waals surface area contributed by atoms with E-state index in [1.807, 2.05) is 0 Å². The maximum absolute atomic E-state index is 12.6. The van der Waals surface area contributed by atoms with Crippen LogP contribution in [0, 0.1) is 6.92 Å². The predicted molar refractivity (Wildman–Crippen MR) is 66.4 cm³/mol. The quantitative estimate of drug-likeness (QED) is 0.871. The minimum atomic E-state index is -4.47. The van der Waals surface area contributed by atoms with Crippen molar-refractivity contribution in [2.75, 3.05) is 6.54 Å². The third-order valence-corrected chi connectivity index (χ3v) is 3.19. The highest BCUT2D eigenvalue weighted by Crippen LogP contribution is 2.20. The molecule has 0 aliphatic carbocycles. The van der Waals surface area contributed by atoms with Crippen molar-refractivity contribution in [2.45, 2.75) is 19.6 Å². The minimum Gasteiger partial charge on any atom is -0.361 e. The van der Waals surface area contributed by atoms with Gasteiger partial charge in [-0.25, -0.2) is 0 Å². The van der Waals surface area contributed by atoms with Gasteiger partial charge in [0.2, 0.25) is 0 Å². The first-order valence-electron chi connectivity index (χ1n) is 5.65. The molecule has 1 amide bonds. The van der Waals surface area contributed by atoms with Crippen molar-refractivity contribution >= 4 is 17.2 Å². The molecule has 8 heteroatoms. The molecule has 2 aromatic rings. The molecule has 0 radical (unpaired) electrons. The Hall–Kier alpha value is -1.83. The molecule has 0 spiro atoms. The van der Waals surface area contributed by atoms with E-state index in [-0.39, 0.29) is 12.2 Å². The van der Waals surface area contributed by atoms with Crippen LogP contribution in [0.3, 0.4) is 0 Å². The van der Waals surface area contributed by atoms with E-state index in [9.17, 15) is 18.0 Å². The number of hydrogen-bond donors (Lipinski definition) is 0. The van der Waals surface area contributed by atoms with E-state index in [2.05, 4.69) is 5.16 Å². The van der Waals surface area contributed by atoms with E-state index in [1.165, 1.54) is 17.4 Å². The fraction of sp³-hybridized carbons (Fsp3) is 0.333. The van der Waals surface area contributed by atoms with Gasteiger partial charge in [-0.1, -0.05) is 5.16 Å². The molecule has 0 bridgehead atoms. The van der Waals surface area contributed by atoms with Gasteiger partial charge >= 0.3 is 6.18 Å². The number of nitrogens with zero attached hydrogens (tertiary/aromatic N) is 2. The highest BCUT2D eigenvalue weighted by atomic mass is 32.1. The summed E-state index contributed by atoms with van der Waals surface area (Å²) >= 11 is 1.36. The smallest absolute Gasteiger partial charge is 0.361 e. The molecule has 0 atom stereocenters. The van der Waals surface area contributed by atoms with Crippen molar-refractivity contribution in [1.29, 1.82) is 0 Å². The largest absolute Gasteiger partial charge is 0.406 e. The van der Waals surface area contributed by atoms with Crippen LogP contribution in [0.4, 0.5) is 13.2 Å². The summed E-state index contributed by atoms with van der Waals surface area (Å²) in [5.74, 6) is -0.429. The molecule has 2 aromatic heterocycles. The molecule has 0 unspecified atom stereocenters. The summed E-state index contributed by atoms with van der Waals surface area (Å²) in [6.07, 6.45) is -4.47. The average molecular weight is 304 g/mol. The first-order chi connectivity index (χ1) is 9.35. The molecule has 2 heterocycles. The number of hydrogen-bond acceptors (Lipinski definition) is 4. The van der Waals surface area contributed by atoms with Gasteiger partial charge in [0.15, 0.2) is 5.69 Å². The van der Waals surface area contributed by atoms with E-state index >= 15 is 0 Å². The summed E-state index contributed by atoms with van der Waals surface area (Å²) in [6.45, 7) is 0.123. The summed E-state index contributed by atoms with van der Waals surface area (Å²) in [6, 6.07) is 2.99. The molecule has 0 saturated heterocycles. The van der Waals surface area contributed by atoms with Gasteiger partial charge in [0, 0.05) is 12.6 Å². The van der Waals surface area contributed by atoms with Crippen molar-refractivity contribution in [3.8, 4) is 0 Å². The molecular weight excluding hydrogens is 293 g/mol. The number of aromatic nitrogens is 1. The highest BCUT2D eigenvalue weighted by Gasteiger charge is 2.34. The van der Waals surface area contributed by atoms with Crippen LogP contribution in [0.1, 0.15) is 21.8 Å². The zero-order valence-corrected chi connectivity index (χ0v) is 11.3. The zero-order valence-electron chi connectivity index (χ0n) is 10.5. The Kier molecular flexibility index (Phi) is 4.12. The molecular formula is C12H11F3N2O2S. The lowest BCUT2D eigenvalue weighted by atomic mass is 10.2. The summed E-state index contributed by atoms with van der Waals surface area (Å²) in [4.78, 5) is 12.8. The van der Waals surface area contributed by atoms with Crippen molar-refractivity contribution in [3.05, 3.63) is 39.9 Å². The highest BCUT2D eigenvalue weighted by molar-refractivity contribution is 7.07. The molecule has 2 rings (SSSR count). The van der Waals surface area contributed by atoms with Crippen LogP contribution < -0.4 is 0 Å². The number of rotatable bonds is 4. The zero-order chi connectivity index (χ0) is 14.8. The van der Waals surface area contributed by atoms with Gasteiger partial charge < -0.3 is 9.42 Å². The van der Waals surface area contributed by atoms with Gasteiger partial charge in [0.05, 0.1) is 0 Å². The summed E-state index contributed by atoms with van der Waals surface area (Å²) in [5, 5.41) is 6.91. The second-order valence-electron chi connectivity index (χ2n) is 4.23. The van der Waals surface area contributed by atoms with Crippen LogP contribution in [0.25, 0.3) is 0 Å². The van der Waals surface area contributed by atoms with Gasteiger partial charge in [-0.2, -0.15) is 24.5 Å². The van der Waals surface area contributed by atoms with Crippen LogP contribution >= 0.6 is 11.3 Å². The molecule has 4 nitrogen and oxygen atoms in total. The lowest BCUT2D eigenvalue weighted by Crippen LogP contribution is -2.38. The number of alkyl halides is 3. The normalized spacial score (nSPS) is 11.6. The Morgan fingerprint density at radius 2 is 2.25 bits per heavy atom. The lowest BCUT2D eigenvalue weighted by molar-refractivity contribution is -0.141. The van der Waals surface area contributed by atoms with Crippen LogP contribution in [0.5, 0.6) is 0 Å². The molecule has 0 N–H and O–H groups in total. The molecule has 0 fully saturated rings. The predicted octanol–water partition coefficient (Wildman–Crippen LogP) is 3.25. The number of amides is 1. The van der Waals surface area contributed by atoms with Crippen LogP contribution in [0.2, 0.25) is 0 Å². The van der Waals surface area contributed by atoms with Crippen LogP contribution in [-0.4, -0.2) is 28.7 Å². The Labute approximate surface area is 116 Å². The Morgan fingerprint density at radius 3 is 2.75 bits per heavy atom. The number of carbonyl (C=O) groups excluding carboxylic acids is 1. The topological polar surface area (TPSA) is 46.3 Å². The Morgan fingerprint density at radius 1 is 1.50 bits per heavy atom. The monoisotopic (exact) mass is 304 g/mol. The molecule has 0 aliphatic heterocycles. The SMILES string of the molecule is Cc1cc(C(=O)N(Cc2ccsc2)CC(F)(F)F)no1. The lowest BCUT2D eigenvalue weighted by Gasteiger charge is -2.22. The van der Waals surface area contributed by atoms with Crippen molar-refractivity contribution in [3.63, 3.8) is 0 Å². The van der Waals surface area contributed by atoms with Crippen LogP contribution in [0.15, 0.2) is 27.4 Å². The Bertz CT molecular complexity index is 578. The third-order valence-electron chi connectivity index (χ3n) is 2.46. The maximum atomic E-state index is 12.6. The van der Waals surface area contributed by atoms with Crippen molar-refractivity contribution in [1.82, 2.24) is 10.1 Å². The third kappa shape index (κ3) is 3.83. The average Bonchev–Trinajstić information content (AvgIpc) is 2.97. The first kappa shape index (κ1) is 14.6. The van der Waals surface area contributed by atoms with Gasteiger partial charge in [-0.3, -0.25) is 4.79 Å². The van der Waals surface area contributed by atoms with E-state index in [0.717, 1.165) is 0 Å². The second-order valence-corrected chi connectivity index (χ2v) is 5.01. The first-order valence-corrected chi connectivity index (χ1v) is 6.60. The number of halogens is 3. The minimum absolute atomic E-state index is 0.117. The van der Waals surface area contributed by atoms with Gasteiger partial charge in [-0.05, 0) is 29.3 Å². The Balaban J connectivity index is 2.19. The summed E-state index contributed by atoms with van der Waals surface area (Å²) in [5.41, 5.74) is 0.523.